The number of carbonyl (C=O) groups excluding carboxylic acids is 9. The number of aromatic amines is 1. The molecular weight excluding hydrogens is 1850 g/mol. The molecule has 3 heterocycles. The number of nitrogens with zero attached hydrogens (tertiary/aromatic N) is 2. The fraction of sp³-hybridized carbons (Fsp3) is 0.791. The van der Waals surface area contributed by atoms with Crippen molar-refractivity contribution < 1.29 is 169 Å². The van der Waals surface area contributed by atoms with Crippen LogP contribution in [0.3, 0.4) is 0 Å². The fourth-order valence-corrected chi connectivity index (χ4v) is 20.8. The maximum Gasteiger partial charge on any atom is 0.490 e. The van der Waals surface area contributed by atoms with Gasteiger partial charge in [-0.2, -0.15) is 21.6 Å². The van der Waals surface area contributed by atoms with Gasteiger partial charge < -0.3 is 135 Å². The van der Waals surface area contributed by atoms with Crippen LogP contribution in [0, 0.1) is 6.92 Å². The van der Waals surface area contributed by atoms with Crippen molar-refractivity contribution in [2.24, 2.45) is 34.4 Å². The van der Waals surface area contributed by atoms with E-state index in [1.54, 1.807) is 0 Å². The summed E-state index contributed by atoms with van der Waals surface area (Å²) in [6.07, 6.45) is 2.12. The summed E-state index contributed by atoms with van der Waals surface area (Å²) in [4.78, 5) is 219. The Morgan fingerprint density at radius 2 is 0.898 bits per heavy atom. The van der Waals surface area contributed by atoms with Crippen LogP contribution in [0.2, 0.25) is 0 Å². The fourth-order valence-electron chi connectivity index (χ4n) is 11.8. The van der Waals surface area contributed by atoms with Crippen LogP contribution in [0.1, 0.15) is 159 Å². The predicted molar refractivity (Wildman–Crippen MR) is 451 cm³/mol. The highest BCUT2D eigenvalue weighted by Crippen LogP contribution is 2.75. The predicted octanol–water partition coefficient (Wildman–Crippen LogP) is -2.81. The Kier molecular flexibility index (Phi) is 55.7. The number of aromatic nitrogens is 2. The van der Waals surface area contributed by atoms with Gasteiger partial charge in [-0.25, -0.2) is 37.0 Å². The first kappa shape index (κ1) is 116. The first-order chi connectivity index (χ1) is 60.3. The van der Waals surface area contributed by atoms with Crippen LogP contribution >= 0.6 is 58.7 Å². The molecule has 0 aliphatic carbocycles. The zero-order chi connectivity index (χ0) is 95.7. The number of H-pyrrole nitrogens is 1. The number of likely N-dealkylation sites (tertiary alicyclic amines) is 1. The molecule has 128 heavy (non-hydrogen) atoms. The van der Waals surface area contributed by atoms with Crippen LogP contribution < -0.4 is 82.9 Å². The Morgan fingerprint density at radius 1 is 0.500 bits per heavy atom. The molecule has 16 atom stereocenters. The summed E-state index contributed by atoms with van der Waals surface area (Å²) >= 11 is 0.805. The van der Waals surface area contributed by atoms with Crippen molar-refractivity contribution in [3.05, 3.63) is 32.6 Å². The molecule has 28 N–H and O–H groups in total. The van der Waals surface area contributed by atoms with E-state index in [4.69, 9.17) is 58.1 Å². The molecule has 2 fully saturated rings. The molecule has 1 aromatic heterocycles. The number of nitrogens with two attached hydrogens (primary N) is 6. The summed E-state index contributed by atoms with van der Waals surface area (Å²) in [7, 11) is -37.3. The van der Waals surface area contributed by atoms with Gasteiger partial charge in [-0.15, -0.1) is 11.8 Å². The smallest absolute Gasteiger partial charge is 0.480 e. The lowest BCUT2D eigenvalue weighted by molar-refractivity contribution is -0.142. The minimum atomic E-state index is -6.56. The van der Waals surface area contributed by atoms with E-state index < -0.39 is 190 Å². The number of ether oxygens (including phenoxy) is 5. The van der Waals surface area contributed by atoms with E-state index in [2.05, 4.69) is 67.8 Å². The molecule has 9 amide bonds. The highest BCUT2D eigenvalue weighted by atomic mass is 32.2. The van der Waals surface area contributed by atoms with Gasteiger partial charge in [-0.05, 0) is 142 Å². The molecule has 2 aliphatic heterocycles. The number of rotatable bonds is 74. The Morgan fingerprint density at radius 3 is 1.36 bits per heavy atom. The number of carboxylic acid groups (broad SMARTS) is 1. The molecule has 3 rings (SSSR count). The average Bonchev–Trinajstić information content (AvgIpc) is 1.51. The number of hydrogen-bond donors (Lipinski definition) is 22. The summed E-state index contributed by atoms with van der Waals surface area (Å²) in [5.41, 5.74) is 33.1. The number of aliphatic hydroxyl groups excluding tert-OH is 1. The van der Waals surface area contributed by atoms with Crippen molar-refractivity contribution in [1.29, 1.82) is 0 Å². The van der Waals surface area contributed by atoms with Gasteiger partial charge in [0.2, 0.25) is 53.2 Å². The van der Waals surface area contributed by atoms with E-state index in [-0.39, 0.29) is 168 Å². The maximum absolute atomic E-state index is 14.2. The molecule has 0 spiro atoms. The second kappa shape index (κ2) is 61.3. The van der Waals surface area contributed by atoms with Gasteiger partial charge in [0.15, 0.2) is 0 Å². The third-order valence-corrected chi connectivity index (χ3v) is 28.9. The number of carboxylic acids is 1. The zero-order valence-corrected chi connectivity index (χ0v) is 77.0. The molecule has 0 aromatic carbocycles. The van der Waals surface area contributed by atoms with E-state index in [0.29, 0.717) is 96.6 Å². The third-order valence-electron chi connectivity index (χ3n) is 18.4. The molecule has 738 valence electrons. The summed E-state index contributed by atoms with van der Waals surface area (Å²) in [6, 6.07) is -7.51. The highest BCUT2D eigenvalue weighted by molar-refractivity contribution is 8.00. The molecule has 2 aliphatic rings. The molecule has 9 unspecified atom stereocenters. The number of amides is 9. The Labute approximate surface area is 741 Å². The standard InChI is InChI=1S/C67H126N16O38P6S/c1-45-42-83(67(97)81-59(45)88)58-40-52(84)53(116-58)43-115-123(100,101)118-125(104,105)120-127(108,109)121-126(106,107)119-124(102,103)117-122(98,99)114-31-15-3-2-14-28-74-56(86)22-32-110-34-36-112-38-39-113-37-35-111-33-29-75-55(85)21-30-82-57(87)41-54(65(82)94)128-44-51(66(95)96)80-64(93)50(20-8-13-27-72)79-63(92)49(19-7-12-26-71)78-62(91)48(18-6-11-25-70)77-61(90)47(17-5-10-24-69)76-60(89)46(73)16-4-9-23-68/h42,46-54,58,84H,2-41,43-44,68-73H2,1H3,(H,74,86)(H,75,85)(H,76,89)(H,77,90)(H,78,91)(H,79,92)(H,80,93)(H,95,96)(H,98,99)(H,100,101)(H,102,103)(H,104,105)(H,106,107)(H,108,109)(H,81,88,97)/t46-,47?,48-,49-,50-,51-,52?,53+,54?,58+/m0/s1. The average molecular weight is 1980 g/mol. The van der Waals surface area contributed by atoms with Crippen LogP contribution in [0.5, 0.6) is 0 Å². The number of nitrogens with one attached hydrogen (secondary N) is 8. The summed E-state index contributed by atoms with van der Waals surface area (Å²) < 4.78 is 129. The van der Waals surface area contributed by atoms with Gasteiger partial charge in [0, 0.05) is 62.8 Å². The van der Waals surface area contributed by atoms with Crippen molar-refractivity contribution in [1.82, 2.24) is 51.7 Å². The van der Waals surface area contributed by atoms with Crippen molar-refractivity contribution in [2.45, 2.75) is 215 Å². The molecule has 0 saturated carbocycles. The van der Waals surface area contributed by atoms with Gasteiger partial charge in [-0.1, -0.05) is 19.3 Å². The number of thioether (sulfide) groups is 1. The second-order valence-corrected chi connectivity index (χ2v) is 39.5. The number of phosphoric ester groups is 2. The highest BCUT2D eigenvalue weighted by Gasteiger charge is 2.51. The number of aliphatic hydroxyl groups is 1. The van der Waals surface area contributed by atoms with Crippen molar-refractivity contribution in [3.63, 3.8) is 0 Å². The number of hydrogen-bond acceptors (Lipinski definition) is 38. The molecule has 0 radical (unpaired) electrons. The van der Waals surface area contributed by atoms with Crippen LogP contribution in [0.15, 0.2) is 15.8 Å². The van der Waals surface area contributed by atoms with Gasteiger partial charge >= 0.3 is 58.6 Å². The SMILES string of the molecule is Cc1cn([C@H]2CC(O)[C@@H](COP(=O)(O)OP(=O)(O)OP(=O)(O)OP(=O)(O)OP(=O)(O)OP(=O)(O)OCCCCCCNC(=O)CCOCCOCCOCCOCCNC(=O)CCN3C(=O)CC(SC[C@H](NC(=O)[C@H](CCCCN)NC(=O)[C@H](CCCCN)NC(=O)[C@H](CCCCN)NC(=O)C(CCCCN)NC(=O)[C@@H](N)CCCCN)C(=O)O)C3=O)O2)c(=O)[nH]c1=O. The number of carbonyl (C=O) groups is 10. The molecule has 61 heteroatoms. The second-order valence-electron chi connectivity index (χ2n) is 28.9. The number of imide groups is 1. The monoisotopic (exact) mass is 1980 g/mol. The lowest BCUT2D eigenvalue weighted by Gasteiger charge is -2.27. The zero-order valence-electron chi connectivity index (χ0n) is 70.8. The first-order valence-electron chi connectivity index (χ1n) is 41.1. The summed E-state index contributed by atoms with van der Waals surface area (Å²) in [6.45, 7) is 2.24. The van der Waals surface area contributed by atoms with Crippen molar-refractivity contribution in [3.8, 4) is 0 Å². The van der Waals surface area contributed by atoms with Crippen LogP contribution in [-0.2, 0) is 130 Å². The quantitative estimate of drug-likeness (QED) is 0.0178. The van der Waals surface area contributed by atoms with Crippen molar-refractivity contribution >= 4 is 118 Å². The lowest BCUT2D eigenvalue weighted by Crippen LogP contribution is -2.59. The Hall–Kier alpha value is -5.69. The largest absolute Gasteiger partial charge is 0.490 e. The van der Waals surface area contributed by atoms with E-state index in [9.17, 15) is 124 Å². The minimum Gasteiger partial charge on any atom is -0.480 e. The Bertz CT molecular complexity index is 4100. The van der Waals surface area contributed by atoms with Crippen molar-refractivity contribution in [2.75, 3.05) is 124 Å². The number of aliphatic carboxylic acids is 1. The minimum absolute atomic E-state index is 0.00129. The van der Waals surface area contributed by atoms with Gasteiger partial charge in [0.1, 0.15) is 42.5 Å². The first-order valence-corrected chi connectivity index (χ1v) is 51.1. The topological polar surface area (TPSA) is 844 Å². The molecular formula is C67H126N16O38P6S. The van der Waals surface area contributed by atoms with Gasteiger partial charge in [0.25, 0.3) is 5.56 Å². The van der Waals surface area contributed by atoms with E-state index in [1.165, 1.54) is 6.92 Å². The van der Waals surface area contributed by atoms with Crippen LogP contribution in [-0.4, -0.2) is 291 Å². The van der Waals surface area contributed by atoms with Gasteiger partial charge in [-0.3, -0.25) is 71.4 Å². The van der Waals surface area contributed by atoms with E-state index >= 15 is 0 Å². The maximum atomic E-state index is 14.2. The number of unbranched alkanes of at least 4 members (excludes halogenated alkanes) is 8. The molecule has 1 aromatic rings. The van der Waals surface area contributed by atoms with Gasteiger partial charge in [0.05, 0.1) is 83.5 Å². The Balaban J connectivity index is 1.28. The van der Waals surface area contributed by atoms with Crippen LogP contribution in [0.4, 0.5) is 0 Å². The molecule has 54 nitrogen and oxygen atoms in total. The van der Waals surface area contributed by atoms with Crippen LogP contribution in [0.25, 0.3) is 0 Å². The van der Waals surface area contributed by atoms with E-state index in [0.717, 1.165) is 27.4 Å². The normalized spacial score (nSPS) is 19.6. The molecule has 2 saturated heterocycles. The third kappa shape index (κ3) is 48.8. The molecule has 0 bridgehead atoms. The lowest BCUT2D eigenvalue weighted by atomic mass is 10.0. The van der Waals surface area contributed by atoms with E-state index in [1.807, 2.05) is 4.98 Å². The number of aryl methyl sites for hydroxylation is 1. The number of phosphoric acid groups is 6. The summed E-state index contributed by atoms with van der Waals surface area (Å²) in [5.74, 6) is -7.72. The summed E-state index contributed by atoms with van der Waals surface area (Å²) in [5, 5.41) is 38.1.